The number of hydrogen-bond donors (Lipinski definition) is 1. The Morgan fingerprint density at radius 1 is 1.06 bits per heavy atom. The number of esters is 2. The van der Waals surface area contributed by atoms with Gasteiger partial charge in [-0.2, -0.15) is 0 Å². The lowest BCUT2D eigenvalue weighted by atomic mass is 9.36. The Morgan fingerprint density at radius 2 is 1.83 bits per heavy atom. The molecule has 0 unspecified atom stereocenters. The van der Waals surface area contributed by atoms with Gasteiger partial charge in [0.2, 0.25) is 0 Å². The quantitative estimate of drug-likeness (QED) is 0.469. The molecule has 9 nitrogen and oxygen atoms in total. The number of Topliss-reactive ketones (excluding diaryl/α,β-unsaturated/α-hetero) is 1. The van der Waals surface area contributed by atoms with Gasteiger partial charge >= 0.3 is 11.9 Å². The lowest BCUT2D eigenvalue weighted by Crippen LogP contribution is -2.76. The fourth-order valence-electron chi connectivity index (χ4n) is 9.52. The standard InChI is InChI=1S/C26H30O9/c1-22(2)17-16(28)18(29)24(4)13(25(17)11-32-15(27)9-14(25)34-22)5-7-23(3)19(12-6-8-31-10-12)33-21(30)20-26(23,24)35-20/h6,8,10,13-14,17-20,29H,5,7,9,11H2,1-4H3/t13-,14-,17-,18-,19-,20+,23-,24-,25-,26+/m0/s1. The van der Waals surface area contributed by atoms with E-state index in [2.05, 4.69) is 0 Å². The van der Waals surface area contributed by atoms with Crippen molar-refractivity contribution in [2.75, 3.05) is 6.61 Å². The number of carbonyl (C=O) groups excluding carboxylic acids is 3. The van der Waals surface area contributed by atoms with Gasteiger partial charge in [0.05, 0.1) is 36.6 Å². The van der Waals surface area contributed by atoms with Gasteiger partial charge in [-0.15, -0.1) is 0 Å². The number of hydrogen-bond acceptors (Lipinski definition) is 9. The van der Waals surface area contributed by atoms with Crippen LogP contribution in [0.15, 0.2) is 23.0 Å². The first kappa shape index (κ1) is 22.0. The molecule has 6 aliphatic rings. The van der Waals surface area contributed by atoms with E-state index in [0.717, 1.165) is 5.56 Å². The monoisotopic (exact) mass is 486 g/mol. The molecule has 0 amide bonds. The first-order valence-electron chi connectivity index (χ1n) is 12.4. The van der Waals surface area contributed by atoms with Crippen molar-refractivity contribution < 1.29 is 42.9 Å². The summed E-state index contributed by atoms with van der Waals surface area (Å²) in [4.78, 5) is 39.6. The molecule has 4 saturated heterocycles. The van der Waals surface area contributed by atoms with Crippen LogP contribution in [0, 0.1) is 28.1 Å². The number of furan rings is 1. The number of epoxide rings is 1. The van der Waals surface area contributed by atoms with Gasteiger partial charge in [0.25, 0.3) is 0 Å². The smallest absolute Gasteiger partial charge is 0.339 e. The van der Waals surface area contributed by atoms with E-state index in [4.69, 9.17) is 23.4 Å². The summed E-state index contributed by atoms with van der Waals surface area (Å²) in [5.41, 5.74) is -3.90. The van der Waals surface area contributed by atoms with Crippen LogP contribution in [0.3, 0.4) is 0 Å². The Balaban J connectivity index is 1.43. The predicted molar refractivity (Wildman–Crippen MR) is 116 cm³/mol. The molecule has 5 heterocycles. The van der Waals surface area contributed by atoms with Crippen molar-refractivity contribution in [3.05, 3.63) is 24.2 Å². The average molecular weight is 487 g/mol. The summed E-state index contributed by atoms with van der Waals surface area (Å²) in [5.74, 6) is -2.09. The van der Waals surface area contributed by atoms with Crippen molar-refractivity contribution in [2.45, 2.75) is 82.6 Å². The maximum Gasteiger partial charge on any atom is 0.339 e. The first-order chi connectivity index (χ1) is 16.4. The van der Waals surface area contributed by atoms with E-state index in [1.165, 1.54) is 6.26 Å². The van der Waals surface area contributed by atoms with Gasteiger partial charge in [0.15, 0.2) is 11.9 Å². The van der Waals surface area contributed by atoms with Gasteiger partial charge in [-0.25, -0.2) is 4.79 Å². The summed E-state index contributed by atoms with van der Waals surface area (Å²) < 4.78 is 29.6. The third-order valence-corrected chi connectivity index (χ3v) is 10.7. The second-order valence-corrected chi connectivity index (χ2v) is 12.3. The lowest BCUT2D eigenvalue weighted by Gasteiger charge is -2.66. The molecule has 9 heteroatoms. The molecule has 0 bridgehead atoms. The maximum atomic E-state index is 14.1. The summed E-state index contributed by atoms with van der Waals surface area (Å²) in [6.45, 7) is 7.66. The van der Waals surface area contributed by atoms with Gasteiger partial charge in [-0.1, -0.05) is 13.8 Å². The minimum atomic E-state index is -1.37. The van der Waals surface area contributed by atoms with Crippen LogP contribution in [0.4, 0.5) is 0 Å². The largest absolute Gasteiger partial charge is 0.472 e. The zero-order chi connectivity index (χ0) is 24.8. The fourth-order valence-corrected chi connectivity index (χ4v) is 9.52. The highest BCUT2D eigenvalue weighted by Gasteiger charge is 2.90. The van der Waals surface area contributed by atoms with E-state index in [1.807, 2.05) is 27.7 Å². The summed E-state index contributed by atoms with van der Waals surface area (Å²) in [7, 11) is 0. The Morgan fingerprint density at radius 3 is 2.54 bits per heavy atom. The molecule has 4 aliphatic heterocycles. The SMILES string of the molecule is CC1(C)O[C@H]2CC(=O)OC[C@]23[C@H]2CC[C@@]4(C)[C@H](c5ccoc5)OC(=O)[C@H]5O[C@]54[C@]2(C)[C@@H](O)C(=O)[C@@H]13. The Kier molecular flexibility index (Phi) is 3.88. The van der Waals surface area contributed by atoms with Crippen LogP contribution in [-0.2, 0) is 33.3 Å². The normalized spacial score (nSPS) is 53.3. The van der Waals surface area contributed by atoms with Crippen molar-refractivity contribution in [1.82, 2.24) is 0 Å². The molecule has 1 aromatic heterocycles. The summed E-state index contributed by atoms with van der Waals surface area (Å²) in [5, 5.41) is 11.8. The maximum absolute atomic E-state index is 14.1. The summed E-state index contributed by atoms with van der Waals surface area (Å²) >= 11 is 0. The molecule has 35 heavy (non-hydrogen) atoms. The molecule has 2 saturated carbocycles. The Hall–Kier alpha value is -2.23. The van der Waals surface area contributed by atoms with Gasteiger partial charge in [-0.3, -0.25) is 9.59 Å². The number of ether oxygens (including phenoxy) is 4. The van der Waals surface area contributed by atoms with E-state index >= 15 is 0 Å². The van der Waals surface area contributed by atoms with Crippen molar-refractivity contribution in [3.63, 3.8) is 0 Å². The predicted octanol–water partition coefficient (Wildman–Crippen LogP) is 2.11. The Bertz CT molecular complexity index is 1160. The average Bonchev–Trinajstić information content (AvgIpc) is 3.26. The minimum Gasteiger partial charge on any atom is -0.472 e. The van der Waals surface area contributed by atoms with Gasteiger partial charge < -0.3 is 28.5 Å². The lowest BCUT2D eigenvalue weighted by molar-refractivity contribution is -0.252. The van der Waals surface area contributed by atoms with E-state index in [0.29, 0.717) is 12.8 Å². The fraction of sp³-hybridized carbons (Fsp3) is 0.731. The number of cyclic esters (lactones) is 2. The van der Waals surface area contributed by atoms with Crippen LogP contribution in [-0.4, -0.2) is 58.9 Å². The molecular formula is C26H30O9. The number of fused-ring (bicyclic) bond motifs is 1. The number of aliphatic hydroxyl groups excluding tert-OH is 1. The molecule has 1 aromatic rings. The second kappa shape index (κ2) is 6.18. The molecule has 188 valence electrons. The molecule has 0 radical (unpaired) electrons. The minimum absolute atomic E-state index is 0.0520. The molecule has 6 fully saturated rings. The zero-order valence-corrected chi connectivity index (χ0v) is 20.2. The zero-order valence-electron chi connectivity index (χ0n) is 20.2. The molecular weight excluding hydrogens is 456 g/mol. The number of rotatable bonds is 1. The van der Waals surface area contributed by atoms with E-state index in [-0.39, 0.29) is 30.7 Å². The van der Waals surface area contributed by atoms with E-state index in [9.17, 15) is 19.5 Å². The highest BCUT2D eigenvalue weighted by atomic mass is 16.7. The number of aliphatic hydroxyl groups is 1. The van der Waals surface area contributed by atoms with E-state index in [1.54, 1.807) is 12.3 Å². The van der Waals surface area contributed by atoms with Crippen molar-refractivity contribution in [2.24, 2.45) is 28.1 Å². The highest BCUT2D eigenvalue weighted by molar-refractivity contribution is 5.92. The van der Waals surface area contributed by atoms with Crippen LogP contribution < -0.4 is 0 Å². The molecule has 2 aliphatic carbocycles. The molecule has 0 aromatic carbocycles. The van der Waals surface area contributed by atoms with Gasteiger partial charge in [0.1, 0.15) is 24.4 Å². The number of carbonyl (C=O) groups is 3. The highest BCUT2D eigenvalue weighted by Crippen LogP contribution is 2.80. The molecule has 1 N–H and O–H groups in total. The van der Waals surface area contributed by atoms with Crippen LogP contribution in [0.1, 0.15) is 58.6 Å². The topological polar surface area (TPSA) is 125 Å². The summed E-state index contributed by atoms with van der Waals surface area (Å²) in [6.07, 6.45) is 1.02. The van der Waals surface area contributed by atoms with Gasteiger partial charge in [-0.05, 0) is 38.7 Å². The van der Waals surface area contributed by atoms with Crippen molar-refractivity contribution in [1.29, 1.82) is 0 Å². The molecule has 7 rings (SSSR count). The van der Waals surface area contributed by atoms with Crippen LogP contribution in [0.25, 0.3) is 0 Å². The third kappa shape index (κ3) is 2.14. The van der Waals surface area contributed by atoms with Crippen LogP contribution in [0.2, 0.25) is 0 Å². The van der Waals surface area contributed by atoms with Crippen LogP contribution in [0.5, 0.6) is 0 Å². The Labute approximate surface area is 202 Å². The number of ketones is 1. The van der Waals surface area contributed by atoms with Gasteiger partial charge in [0, 0.05) is 21.8 Å². The van der Waals surface area contributed by atoms with Crippen LogP contribution >= 0.6 is 0 Å². The second-order valence-electron chi connectivity index (χ2n) is 12.3. The third-order valence-electron chi connectivity index (χ3n) is 10.7. The van der Waals surface area contributed by atoms with Crippen molar-refractivity contribution >= 4 is 17.7 Å². The summed E-state index contributed by atoms with van der Waals surface area (Å²) in [6, 6.07) is 1.77. The van der Waals surface area contributed by atoms with E-state index < -0.39 is 63.8 Å². The molecule has 10 atom stereocenters. The molecule has 2 spiro atoms. The van der Waals surface area contributed by atoms with Crippen molar-refractivity contribution in [3.8, 4) is 0 Å². The first-order valence-corrected chi connectivity index (χ1v) is 12.4.